The molecule has 1 saturated heterocycles. The van der Waals surface area contributed by atoms with E-state index in [0.29, 0.717) is 6.54 Å². The van der Waals surface area contributed by atoms with E-state index in [1.807, 2.05) is 30.3 Å². The summed E-state index contributed by atoms with van der Waals surface area (Å²) in [4.78, 5) is 12.5. The van der Waals surface area contributed by atoms with Crippen molar-refractivity contribution < 1.29 is 9.53 Å². The topological polar surface area (TPSA) is 64.4 Å². The number of hydrogen-bond acceptors (Lipinski definition) is 3. The van der Waals surface area contributed by atoms with E-state index in [1.165, 1.54) is 6.42 Å². The van der Waals surface area contributed by atoms with Crippen molar-refractivity contribution in [3.8, 4) is 0 Å². The Kier molecular flexibility index (Phi) is 6.14. The highest BCUT2D eigenvalue weighted by Crippen LogP contribution is 2.17. The molecular weight excluding hydrogens is 284 g/mol. The molecule has 2 unspecified atom stereocenters. The van der Waals surface area contributed by atoms with Gasteiger partial charge in [-0.25, -0.2) is 0 Å². The Morgan fingerprint density at radius 3 is 2.76 bits per heavy atom. The summed E-state index contributed by atoms with van der Waals surface area (Å²) in [5, 5.41) is 2.92. The van der Waals surface area contributed by atoms with Gasteiger partial charge in [-0.2, -0.15) is 0 Å². The molecule has 0 bridgehead atoms. The van der Waals surface area contributed by atoms with Crippen LogP contribution < -0.4 is 11.1 Å². The molecule has 21 heavy (non-hydrogen) atoms. The third kappa shape index (κ3) is 4.79. The van der Waals surface area contributed by atoms with E-state index in [4.69, 9.17) is 22.7 Å². The van der Waals surface area contributed by atoms with Crippen LogP contribution in [0.25, 0.3) is 0 Å². The molecule has 1 aliphatic rings. The molecule has 2 atom stereocenters. The van der Waals surface area contributed by atoms with Crippen molar-refractivity contribution in [2.75, 3.05) is 13.2 Å². The van der Waals surface area contributed by atoms with Gasteiger partial charge in [0.25, 0.3) is 0 Å². The second kappa shape index (κ2) is 8.10. The highest BCUT2D eigenvalue weighted by atomic mass is 32.1. The molecule has 4 nitrogen and oxygen atoms in total. The van der Waals surface area contributed by atoms with Crippen LogP contribution in [0.5, 0.6) is 0 Å². The molecule has 1 aromatic rings. The summed E-state index contributed by atoms with van der Waals surface area (Å²) < 4.78 is 5.65. The molecule has 0 radical (unpaired) electrons. The Morgan fingerprint density at radius 1 is 1.38 bits per heavy atom. The van der Waals surface area contributed by atoms with Crippen LogP contribution >= 0.6 is 12.2 Å². The number of nitrogens with two attached hydrogens (primary N) is 1. The lowest BCUT2D eigenvalue weighted by Crippen LogP contribution is -2.37. The van der Waals surface area contributed by atoms with E-state index in [0.717, 1.165) is 31.4 Å². The number of amides is 1. The highest BCUT2D eigenvalue weighted by Gasteiger charge is 2.23. The lowest BCUT2D eigenvalue weighted by Gasteiger charge is -2.23. The Morgan fingerprint density at radius 2 is 2.14 bits per heavy atom. The fourth-order valence-electron chi connectivity index (χ4n) is 2.58. The van der Waals surface area contributed by atoms with Crippen molar-refractivity contribution in [3.63, 3.8) is 0 Å². The second-order valence-electron chi connectivity index (χ2n) is 5.31. The van der Waals surface area contributed by atoms with Crippen LogP contribution in [0.2, 0.25) is 0 Å². The smallest absolute Gasteiger partial charge is 0.234 e. The van der Waals surface area contributed by atoms with E-state index >= 15 is 0 Å². The summed E-state index contributed by atoms with van der Waals surface area (Å²) >= 11 is 5.04. The average Bonchev–Trinajstić information content (AvgIpc) is 2.49. The molecule has 1 aliphatic heterocycles. The van der Waals surface area contributed by atoms with Gasteiger partial charge >= 0.3 is 0 Å². The Labute approximate surface area is 131 Å². The maximum absolute atomic E-state index is 12.3. The molecule has 5 heteroatoms. The Bertz CT molecular complexity index is 472. The van der Waals surface area contributed by atoms with Gasteiger partial charge in [0, 0.05) is 13.2 Å². The zero-order valence-electron chi connectivity index (χ0n) is 12.1. The predicted octanol–water partition coefficient (Wildman–Crippen LogP) is 2.13. The molecule has 0 saturated carbocycles. The van der Waals surface area contributed by atoms with E-state index in [2.05, 4.69) is 5.32 Å². The van der Waals surface area contributed by atoms with Crippen molar-refractivity contribution in [1.29, 1.82) is 0 Å². The molecule has 1 heterocycles. The number of carbonyl (C=O) groups excluding carboxylic acids is 1. The lowest BCUT2D eigenvalue weighted by atomic mass is 9.98. The van der Waals surface area contributed by atoms with Gasteiger partial charge in [0.1, 0.15) is 5.92 Å². The molecular formula is C16H22N2O2S. The summed E-state index contributed by atoms with van der Waals surface area (Å²) in [6.07, 6.45) is 4.52. The maximum atomic E-state index is 12.3. The summed E-state index contributed by atoms with van der Waals surface area (Å²) in [6, 6.07) is 9.40. The van der Waals surface area contributed by atoms with Crippen molar-refractivity contribution in [3.05, 3.63) is 35.9 Å². The normalized spacial score (nSPS) is 19.7. The third-order valence-electron chi connectivity index (χ3n) is 3.72. The quantitative estimate of drug-likeness (QED) is 0.790. The van der Waals surface area contributed by atoms with Gasteiger partial charge in [-0.05, 0) is 31.2 Å². The van der Waals surface area contributed by atoms with Crippen molar-refractivity contribution in [2.24, 2.45) is 5.73 Å². The van der Waals surface area contributed by atoms with E-state index in [1.54, 1.807) is 0 Å². The molecule has 1 aromatic carbocycles. The van der Waals surface area contributed by atoms with Crippen LogP contribution in [-0.4, -0.2) is 30.2 Å². The first-order valence-corrected chi connectivity index (χ1v) is 7.83. The maximum Gasteiger partial charge on any atom is 0.234 e. The van der Waals surface area contributed by atoms with Crippen LogP contribution in [0.15, 0.2) is 30.3 Å². The number of hydrogen-bond donors (Lipinski definition) is 2. The predicted molar refractivity (Wildman–Crippen MR) is 87.2 cm³/mol. The first-order valence-electron chi connectivity index (χ1n) is 7.42. The number of ether oxygens (including phenoxy) is 1. The summed E-state index contributed by atoms with van der Waals surface area (Å²) in [5.41, 5.74) is 6.56. The van der Waals surface area contributed by atoms with Gasteiger partial charge < -0.3 is 15.8 Å². The van der Waals surface area contributed by atoms with Gasteiger partial charge in [-0.3, -0.25) is 4.79 Å². The van der Waals surface area contributed by atoms with Gasteiger partial charge in [0.15, 0.2) is 0 Å². The van der Waals surface area contributed by atoms with Gasteiger partial charge in [-0.15, -0.1) is 0 Å². The van der Waals surface area contributed by atoms with Crippen molar-refractivity contribution >= 4 is 23.1 Å². The Hall–Kier alpha value is -1.46. The SMILES string of the molecule is NC(=S)C(C(=O)NCCC1CCCCO1)c1ccccc1. The molecule has 3 N–H and O–H groups in total. The molecule has 0 aliphatic carbocycles. The van der Waals surface area contributed by atoms with Crippen molar-refractivity contribution in [2.45, 2.75) is 37.7 Å². The van der Waals surface area contributed by atoms with E-state index in [-0.39, 0.29) is 17.0 Å². The second-order valence-corrected chi connectivity index (χ2v) is 5.79. The monoisotopic (exact) mass is 306 g/mol. The molecule has 1 amide bonds. The van der Waals surface area contributed by atoms with Gasteiger partial charge in [0.2, 0.25) is 5.91 Å². The molecule has 0 aromatic heterocycles. The van der Waals surface area contributed by atoms with Gasteiger partial charge in [-0.1, -0.05) is 42.5 Å². The minimum absolute atomic E-state index is 0.135. The summed E-state index contributed by atoms with van der Waals surface area (Å²) in [6.45, 7) is 1.42. The minimum atomic E-state index is -0.562. The Balaban J connectivity index is 1.86. The fraction of sp³-hybridized carbons (Fsp3) is 0.500. The molecule has 2 rings (SSSR count). The van der Waals surface area contributed by atoms with Crippen LogP contribution in [0, 0.1) is 0 Å². The first kappa shape index (κ1) is 15.9. The number of nitrogens with one attached hydrogen (secondary N) is 1. The zero-order valence-corrected chi connectivity index (χ0v) is 12.9. The highest BCUT2D eigenvalue weighted by molar-refractivity contribution is 7.80. The minimum Gasteiger partial charge on any atom is -0.392 e. The largest absolute Gasteiger partial charge is 0.392 e. The molecule has 114 valence electrons. The number of thiocarbonyl (C=S) groups is 1. The zero-order chi connectivity index (χ0) is 15.1. The van der Waals surface area contributed by atoms with Gasteiger partial charge in [0.05, 0.1) is 11.1 Å². The van der Waals surface area contributed by atoms with Crippen LogP contribution in [0.1, 0.15) is 37.2 Å². The standard InChI is InChI=1S/C16H22N2O2S/c17-15(21)14(12-6-2-1-3-7-12)16(19)18-10-9-13-8-4-5-11-20-13/h1-3,6-7,13-14H,4-5,8-11H2,(H2,17,21)(H,18,19). The average molecular weight is 306 g/mol. The lowest BCUT2D eigenvalue weighted by molar-refractivity contribution is -0.121. The van der Waals surface area contributed by atoms with Crippen LogP contribution in [0.3, 0.4) is 0 Å². The van der Waals surface area contributed by atoms with E-state index < -0.39 is 5.92 Å². The molecule has 1 fully saturated rings. The summed E-state index contributed by atoms with van der Waals surface area (Å²) in [7, 11) is 0. The summed E-state index contributed by atoms with van der Waals surface area (Å²) in [5.74, 6) is -0.696. The fourth-order valence-corrected chi connectivity index (χ4v) is 2.83. The number of rotatable bonds is 6. The first-order chi connectivity index (χ1) is 10.2. The van der Waals surface area contributed by atoms with Crippen LogP contribution in [-0.2, 0) is 9.53 Å². The van der Waals surface area contributed by atoms with E-state index in [9.17, 15) is 4.79 Å². The van der Waals surface area contributed by atoms with Crippen LogP contribution in [0.4, 0.5) is 0 Å². The number of benzene rings is 1. The third-order valence-corrected chi connectivity index (χ3v) is 3.95. The molecule has 0 spiro atoms. The number of carbonyl (C=O) groups is 1. The van der Waals surface area contributed by atoms with Crippen molar-refractivity contribution in [1.82, 2.24) is 5.32 Å².